The molecule has 4 heteroatoms. The highest BCUT2D eigenvalue weighted by Crippen LogP contribution is 2.54. The number of nitrogens with one attached hydrogen (secondary N) is 1. The standard InChI is InChI=1S/C38H40ClN3/c1-5-6-21-29(39)25-30-35(27-17-9-7-10-18-27)40-36(28-19-11-8-12-20-28)41-37(30)42-32-23-14-13-22-31(32)38(3,4)34-26(2)16-15-24-33(34)42/h5-15,17-24,26,31-32,37H,16,25H2,1-4H3,(H,40,41)/b6-5-,29-21+. The number of hydrogen-bond donors (Lipinski definition) is 1. The molecule has 0 spiro atoms. The van der Waals surface area contributed by atoms with Gasteiger partial charge in [0.1, 0.15) is 12.0 Å². The number of benzene rings is 2. The minimum Gasteiger partial charge on any atom is -0.339 e. The highest BCUT2D eigenvalue weighted by Gasteiger charge is 2.50. The molecule has 2 aromatic carbocycles. The van der Waals surface area contributed by atoms with Crippen LogP contribution in [0.3, 0.4) is 0 Å². The van der Waals surface area contributed by atoms with Gasteiger partial charge in [-0.3, -0.25) is 0 Å². The van der Waals surface area contributed by atoms with E-state index in [9.17, 15) is 0 Å². The van der Waals surface area contributed by atoms with Gasteiger partial charge in [-0.1, -0.05) is 136 Å². The third-order valence-corrected chi connectivity index (χ3v) is 9.36. The predicted octanol–water partition coefficient (Wildman–Crippen LogP) is 9.17. The summed E-state index contributed by atoms with van der Waals surface area (Å²) in [4.78, 5) is 8.16. The molecule has 2 aromatic rings. The van der Waals surface area contributed by atoms with Gasteiger partial charge in [-0.2, -0.15) is 0 Å². The van der Waals surface area contributed by atoms with Gasteiger partial charge in [-0.25, -0.2) is 4.99 Å². The van der Waals surface area contributed by atoms with Crippen LogP contribution in [0.25, 0.3) is 5.70 Å². The van der Waals surface area contributed by atoms with E-state index >= 15 is 0 Å². The molecule has 4 aliphatic rings. The zero-order valence-electron chi connectivity index (χ0n) is 25.0. The minimum absolute atomic E-state index is 0.0242. The molecule has 0 bridgehead atoms. The van der Waals surface area contributed by atoms with Crippen molar-refractivity contribution in [3.63, 3.8) is 0 Å². The molecule has 0 fully saturated rings. The molecular weight excluding hydrogens is 534 g/mol. The minimum atomic E-state index is -0.246. The maximum absolute atomic E-state index is 6.98. The van der Waals surface area contributed by atoms with Crippen LogP contribution in [0.2, 0.25) is 0 Å². The smallest absolute Gasteiger partial charge is 0.148 e. The third kappa shape index (κ3) is 5.16. The Morgan fingerprint density at radius 1 is 1.02 bits per heavy atom. The van der Waals surface area contributed by atoms with Crippen LogP contribution >= 0.6 is 11.6 Å². The summed E-state index contributed by atoms with van der Waals surface area (Å²) >= 11 is 6.98. The molecule has 2 aliphatic heterocycles. The van der Waals surface area contributed by atoms with Crippen molar-refractivity contribution in [2.24, 2.45) is 22.2 Å². The van der Waals surface area contributed by atoms with Crippen molar-refractivity contribution in [1.82, 2.24) is 10.2 Å². The maximum atomic E-state index is 6.98. The monoisotopic (exact) mass is 573 g/mol. The summed E-state index contributed by atoms with van der Waals surface area (Å²) in [5.74, 6) is 1.67. The van der Waals surface area contributed by atoms with Crippen LogP contribution in [-0.4, -0.2) is 22.9 Å². The Morgan fingerprint density at radius 2 is 1.71 bits per heavy atom. The zero-order chi connectivity index (χ0) is 29.3. The lowest BCUT2D eigenvalue weighted by molar-refractivity contribution is 0.107. The fourth-order valence-corrected chi connectivity index (χ4v) is 7.43. The van der Waals surface area contributed by atoms with Crippen LogP contribution in [0, 0.1) is 17.3 Å². The molecule has 0 radical (unpaired) electrons. The first kappa shape index (κ1) is 28.3. The van der Waals surface area contributed by atoms with E-state index in [-0.39, 0.29) is 17.6 Å². The predicted molar refractivity (Wildman–Crippen MR) is 178 cm³/mol. The summed E-state index contributed by atoms with van der Waals surface area (Å²) in [7, 11) is 0. The summed E-state index contributed by atoms with van der Waals surface area (Å²) < 4.78 is 0. The number of amidine groups is 1. The van der Waals surface area contributed by atoms with E-state index in [1.165, 1.54) is 16.8 Å². The van der Waals surface area contributed by atoms with Gasteiger partial charge < -0.3 is 10.2 Å². The van der Waals surface area contributed by atoms with Gasteiger partial charge in [-0.05, 0) is 48.0 Å². The summed E-state index contributed by atoms with van der Waals surface area (Å²) in [5, 5.41) is 4.56. The van der Waals surface area contributed by atoms with Crippen molar-refractivity contribution < 1.29 is 0 Å². The second-order valence-corrected chi connectivity index (χ2v) is 12.7. The van der Waals surface area contributed by atoms with Gasteiger partial charge in [0.05, 0.1) is 11.7 Å². The number of rotatable bonds is 6. The average molecular weight is 574 g/mol. The molecule has 1 N–H and O–H groups in total. The van der Waals surface area contributed by atoms with Crippen molar-refractivity contribution >= 4 is 23.1 Å². The molecule has 0 saturated heterocycles. The van der Waals surface area contributed by atoms with Crippen LogP contribution in [0.15, 0.2) is 142 Å². The molecule has 4 atom stereocenters. The van der Waals surface area contributed by atoms with E-state index in [1.807, 2.05) is 25.2 Å². The van der Waals surface area contributed by atoms with Crippen molar-refractivity contribution in [2.75, 3.05) is 0 Å². The molecule has 0 saturated carbocycles. The SMILES string of the molecule is C/C=C\C=C(\Cl)CC1=C(c2ccccc2)NC(c2ccccc2)=NC1N1C2=C(C(C)CC=C2)C(C)(C)C2C=CC=CC21. The number of hydrogen-bond acceptors (Lipinski definition) is 3. The lowest BCUT2D eigenvalue weighted by Crippen LogP contribution is -2.56. The van der Waals surface area contributed by atoms with Crippen LogP contribution in [0.4, 0.5) is 0 Å². The average Bonchev–Trinajstić information content (AvgIpc) is 3.01. The normalized spacial score (nSPS) is 26.7. The van der Waals surface area contributed by atoms with Gasteiger partial charge in [0.2, 0.25) is 0 Å². The number of fused-ring (bicyclic) bond motifs is 1. The van der Waals surface area contributed by atoms with E-state index in [2.05, 4.69) is 128 Å². The number of nitrogens with zero attached hydrogens (tertiary/aromatic N) is 2. The third-order valence-electron chi connectivity index (χ3n) is 9.10. The number of halogens is 1. The van der Waals surface area contributed by atoms with E-state index in [0.29, 0.717) is 18.3 Å². The Hall–Kier alpha value is -3.82. The highest BCUT2D eigenvalue weighted by molar-refractivity contribution is 6.30. The first-order chi connectivity index (χ1) is 20.4. The van der Waals surface area contributed by atoms with Gasteiger partial charge >= 0.3 is 0 Å². The molecule has 2 heterocycles. The zero-order valence-corrected chi connectivity index (χ0v) is 25.7. The van der Waals surface area contributed by atoms with Crippen LogP contribution in [0.5, 0.6) is 0 Å². The molecule has 6 rings (SSSR count). The Balaban J connectivity index is 1.62. The molecule has 2 aliphatic carbocycles. The second kappa shape index (κ2) is 11.8. The quantitative estimate of drug-likeness (QED) is 0.349. The van der Waals surface area contributed by atoms with Crippen molar-refractivity contribution in [3.05, 3.63) is 148 Å². The molecule has 214 valence electrons. The topological polar surface area (TPSA) is 27.6 Å². The molecule has 4 unspecified atom stereocenters. The van der Waals surface area contributed by atoms with E-state index in [1.54, 1.807) is 0 Å². The lowest BCUT2D eigenvalue weighted by atomic mass is 9.60. The maximum Gasteiger partial charge on any atom is 0.148 e. The summed E-state index contributed by atoms with van der Waals surface area (Å²) in [6, 6.07) is 21.2. The Morgan fingerprint density at radius 3 is 2.43 bits per heavy atom. The Labute approximate surface area is 256 Å². The summed E-state index contributed by atoms with van der Waals surface area (Å²) in [6.45, 7) is 9.26. The molecule has 0 aromatic heterocycles. The summed E-state index contributed by atoms with van der Waals surface area (Å²) in [5.41, 5.74) is 7.31. The second-order valence-electron chi connectivity index (χ2n) is 12.2. The van der Waals surface area contributed by atoms with E-state index in [0.717, 1.165) is 34.1 Å². The lowest BCUT2D eigenvalue weighted by Gasteiger charge is -2.55. The van der Waals surface area contributed by atoms with Crippen LogP contribution < -0.4 is 5.32 Å². The van der Waals surface area contributed by atoms with Crippen molar-refractivity contribution in [2.45, 2.75) is 52.7 Å². The van der Waals surface area contributed by atoms with Gasteiger partial charge in [-0.15, -0.1) is 0 Å². The fraction of sp³-hybridized carbons (Fsp3) is 0.289. The molecule has 42 heavy (non-hydrogen) atoms. The van der Waals surface area contributed by atoms with Gasteiger partial charge in [0, 0.05) is 34.2 Å². The van der Waals surface area contributed by atoms with Crippen LogP contribution in [0.1, 0.15) is 51.7 Å². The highest BCUT2D eigenvalue weighted by atomic mass is 35.5. The van der Waals surface area contributed by atoms with Crippen LogP contribution in [-0.2, 0) is 0 Å². The van der Waals surface area contributed by atoms with E-state index in [4.69, 9.17) is 16.6 Å². The first-order valence-corrected chi connectivity index (χ1v) is 15.5. The van der Waals surface area contributed by atoms with Gasteiger partial charge in [0.25, 0.3) is 0 Å². The van der Waals surface area contributed by atoms with Crippen molar-refractivity contribution in [3.8, 4) is 0 Å². The largest absolute Gasteiger partial charge is 0.339 e. The summed E-state index contributed by atoms with van der Waals surface area (Å²) in [6.07, 6.45) is 21.4. The number of allylic oxidation sites excluding steroid dienone is 9. The Kier molecular flexibility index (Phi) is 7.96. The Bertz CT molecular complexity index is 1570. The van der Waals surface area contributed by atoms with Crippen molar-refractivity contribution in [1.29, 1.82) is 0 Å². The van der Waals surface area contributed by atoms with E-state index < -0.39 is 0 Å². The molecule has 3 nitrogen and oxygen atoms in total. The molecular formula is C38H40ClN3. The number of aliphatic imine (C=N–C) groups is 1. The molecule has 0 amide bonds. The van der Waals surface area contributed by atoms with Gasteiger partial charge in [0.15, 0.2) is 0 Å². The first-order valence-electron chi connectivity index (χ1n) is 15.1. The fourth-order valence-electron chi connectivity index (χ4n) is 7.21.